The average molecular weight is 365 g/mol. The number of carbonyl (C=O) groups excluding carboxylic acids is 1. The van der Waals surface area contributed by atoms with Crippen molar-refractivity contribution in [2.45, 2.75) is 32.7 Å². The van der Waals surface area contributed by atoms with Gasteiger partial charge in [-0.3, -0.25) is 4.79 Å². The minimum atomic E-state index is -0.387. The Morgan fingerprint density at radius 2 is 1.89 bits per heavy atom. The summed E-state index contributed by atoms with van der Waals surface area (Å²) in [4.78, 5) is 11.7. The Morgan fingerprint density at radius 3 is 2.56 bits per heavy atom. The number of nitrogens with zero attached hydrogens (tertiary/aromatic N) is 2. The van der Waals surface area contributed by atoms with Crippen LogP contribution in [0.4, 0.5) is 0 Å². The van der Waals surface area contributed by atoms with Crippen LogP contribution in [0.3, 0.4) is 0 Å². The molecule has 1 N–H and O–H groups in total. The number of methoxy groups -OCH3 is 1. The molecule has 0 bridgehead atoms. The maximum absolute atomic E-state index is 11.7. The van der Waals surface area contributed by atoms with Gasteiger partial charge in [0, 0.05) is 18.9 Å². The molecule has 3 rings (SSSR count). The van der Waals surface area contributed by atoms with E-state index in [1.165, 1.54) is 12.5 Å². The first-order valence-corrected chi connectivity index (χ1v) is 8.91. The van der Waals surface area contributed by atoms with Crippen LogP contribution in [0.2, 0.25) is 0 Å². The lowest BCUT2D eigenvalue weighted by atomic mass is 10.0. The fourth-order valence-electron chi connectivity index (χ4n) is 2.84. The van der Waals surface area contributed by atoms with Crippen molar-refractivity contribution in [3.8, 4) is 17.2 Å². The molecule has 1 aromatic heterocycles. The van der Waals surface area contributed by atoms with Gasteiger partial charge in [0.2, 0.25) is 17.7 Å². The highest BCUT2D eigenvalue weighted by Crippen LogP contribution is 2.25. The molecule has 0 spiro atoms. The molecule has 0 saturated carbocycles. The van der Waals surface area contributed by atoms with Crippen LogP contribution in [-0.2, 0) is 17.6 Å². The number of aryl methyl sites for hydroxylation is 1. The molecular formula is C21H23N3O3. The third-order valence-corrected chi connectivity index (χ3v) is 4.30. The summed E-state index contributed by atoms with van der Waals surface area (Å²) in [6, 6.07) is 15.3. The van der Waals surface area contributed by atoms with E-state index in [4.69, 9.17) is 9.15 Å². The van der Waals surface area contributed by atoms with Crippen molar-refractivity contribution >= 4 is 5.91 Å². The van der Waals surface area contributed by atoms with E-state index in [2.05, 4.69) is 46.7 Å². The van der Waals surface area contributed by atoms with Crippen molar-refractivity contribution in [1.82, 2.24) is 15.5 Å². The van der Waals surface area contributed by atoms with E-state index < -0.39 is 0 Å². The van der Waals surface area contributed by atoms with Crippen LogP contribution in [0.1, 0.15) is 36.9 Å². The monoisotopic (exact) mass is 365 g/mol. The maximum Gasteiger partial charge on any atom is 0.247 e. The second kappa shape index (κ2) is 8.49. The standard InChI is InChI=1S/C21H23N3O3/c1-4-15-8-10-16(11-9-15)12-19(22-14(2)25)21-24-23-20(27-21)17-6-5-7-18(13-17)26-3/h5-11,13,19H,4,12H2,1-3H3,(H,22,25). The summed E-state index contributed by atoms with van der Waals surface area (Å²) in [5.74, 6) is 1.33. The van der Waals surface area contributed by atoms with Crippen LogP contribution < -0.4 is 10.1 Å². The Labute approximate surface area is 158 Å². The van der Waals surface area contributed by atoms with E-state index in [9.17, 15) is 4.79 Å². The minimum Gasteiger partial charge on any atom is -0.497 e. The number of ether oxygens (including phenoxy) is 1. The Morgan fingerprint density at radius 1 is 1.15 bits per heavy atom. The summed E-state index contributed by atoms with van der Waals surface area (Å²) in [6.07, 6.45) is 1.56. The number of benzene rings is 2. The number of rotatable bonds is 7. The molecule has 6 nitrogen and oxygen atoms in total. The molecule has 0 radical (unpaired) electrons. The summed E-state index contributed by atoms with van der Waals surface area (Å²) >= 11 is 0. The third kappa shape index (κ3) is 4.73. The van der Waals surface area contributed by atoms with E-state index in [0.717, 1.165) is 17.5 Å². The van der Waals surface area contributed by atoms with Crippen LogP contribution in [0, 0.1) is 0 Å². The van der Waals surface area contributed by atoms with Gasteiger partial charge in [-0.05, 0) is 35.7 Å². The second-order valence-corrected chi connectivity index (χ2v) is 6.30. The zero-order valence-electron chi connectivity index (χ0n) is 15.7. The van der Waals surface area contributed by atoms with Crippen molar-refractivity contribution in [3.05, 3.63) is 65.5 Å². The summed E-state index contributed by atoms with van der Waals surface area (Å²) in [5, 5.41) is 11.2. The molecule has 0 fully saturated rings. The first kappa shape index (κ1) is 18.6. The molecule has 0 saturated heterocycles. The van der Waals surface area contributed by atoms with Crippen LogP contribution in [0.25, 0.3) is 11.5 Å². The van der Waals surface area contributed by atoms with E-state index >= 15 is 0 Å². The molecule has 1 heterocycles. The van der Waals surface area contributed by atoms with E-state index in [1.807, 2.05) is 24.3 Å². The van der Waals surface area contributed by atoms with Crippen molar-refractivity contribution < 1.29 is 13.9 Å². The average Bonchev–Trinajstić information content (AvgIpc) is 3.18. The highest BCUT2D eigenvalue weighted by Gasteiger charge is 2.21. The zero-order chi connectivity index (χ0) is 19.2. The Kier molecular flexibility index (Phi) is 5.86. The number of carbonyl (C=O) groups is 1. The molecule has 140 valence electrons. The third-order valence-electron chi connectivity index (χ3n) is 4.30. The summed E-state index contributed by atoms with van der Waals surface area (Å²) in [6.45, 7) is 3.60. The lowest BCUT2D eigenvalue weighted by Gasteiger charge is -2.14. The largest absolute Gasteiger partial charge is 0.497 e. The van der Waals surface area contributed by atoms with Crippen LogP contribution in [0.5, 0.6) is 5.75 Å². The van der Waals surface area contributed by atoms with Crippen LogP contribution in [0.15, 0.2) is 52.9 Å². The fourth-order valence-corrected chi connectivity index (χ4v) is 2.84. The molecule has 0 aliphatic heterocycles. The lowest BCUT2D eigenvalue weighted by Crippen LogP contribution is -2.28. The molecule has 0 aliphatic carbocycles. The molecule has 1 atom stereocenters. The van der Waals surface area contributed by atoms with Crippen molar-refractivity contribution in [1.29, 1.82) is 0 Å². The van der Waals surface area contributed by atoms with E-state index in [0.29, 0.717) is 24.0 Å². The minimum absolute atomic E-state index is 0.147. The molecule has 27 heavy (non-hydrogen) atoms. The van der Waals surface area contributed by atoms with Gasteiger partial charge < -0.3 is 14.5 Å². The quantitative estimate of drug-likeness (QED) is 0.690. The van der Waals surface area contributed by atoms with Gasteiger partial charge in [0.25, 0.3) is 0 Å². The zero-order valence-corrected chi connectivity index (χ0v) is 15.7. The van der Waals surface area contributed by atoms with Gasteiger partial charge >= 0.3 is 0 Å². The smallest absolute Gasteiger partial charge is 0.247 e. The van der Waals surface area contributed by atoms with E-state index in [1.54, 1.807) is 7.11 Å². The van der Waals surface area contributed by atoms with Crippen molar-refractivity contribution in [2.75, 3.05) is 7.11 Å². The van der Waals surface area contributed by atoms with Gasteiger partial charge in [-0.1, -0.05) is 37.3 Å². The van der Waals surface area contributed by atoms with Gasteiger partial charge in [-0.25, -0.2) is 0 Å². The van der Waals surface area contributed by atoms with E-state index in [-0.39, 0.29) is 11.9 Å². The lowest BCUT2D eigenvalue weighted by molar-refractivity contribution is -0.119. The Balaban J connectivity index is 1.84. The highest BCUT2D eigenvalue weighted by atomic mass is 16.5. The topological polar surface area (TPSA) is 77.2 Å². The summed E-state index contributed by atoms with van der Waals surface area (Å²) in [7, 11) is 1.61. The van der Waals surface area contributed by atoms with Gasteiger partial charge in [-0.2, -0.15) is 0 Å². The van der Waals surface area contributed by atoms with Crippen molar-refractivity contribution in [3.63, 3.8) is 0 Å². The number of aromatic nitrogens is 2. The van der Waals surface area contributed by atoms with Crippen LogP contribution in [-0.4, -0.2) is 23.2 Å². The predicted molar refractivity (Wildman–Crippen MR) is 102 cm³/mol. The number of nitrogens with one attached hydrogen (secondary N) is 1. The highest BCUT2D eigenvalue weighted by molar-refractivity contribution is 5.73. The van der Waals surface area contributed by atoms with Gasteiger partial charge in [0.15, 0.2) is 0 Å². The fraction of sp³-hybridized carbons (Fsp3) is 0.286. The molecule has 0 aliphatic rings. The molecule has 1 amide bonds. The van der Waals surface area contributed by atoms with Gasteiger partial charge in [0.05, 0.1) is 7.11 Å². The van der Waals surface area contributed by atoms with Crippen molar-refractivity contribution in [2.24, 2.45) is 0 Å². The van der Waals surface area contributed by atoms with Gasteiger partial charge in [-0.15, -0.1) is 10.2 Å². The normalized spacial score (nSPS) is 11.8. The Hall–Kier alpha value is -3.15. The first-order chi connectivity index (χ1) is 13.1. The summed E-state index contributed by atoms with van der Waals surface area (Å²) < 4.78 is 11.1. The molecular weight excluding hydrogens is 342 g/mol. The SMILES string of the molecule is CCc1ccc(CC(NC(C)=O)c2nnc(-c3cccc(OC)c3)o2)cc1. The maximum atomic E-state index is 11.7. The molecule has 3 aromatic rings. The Bertz CT molecular complexity index is 903. The predicted octanol–water partition coefficient (Wildman–Crippen LogP) is 3.73. The van der Waals surface area contributed by atoms with Gasteiger partial charge in [0.1, 0.15) is 11.8 Å². The number of hydrogen-bond donors (Lipinski definition) is 1. The van der Waals surface area contributed by atoms with Crippen LogP contribution >= 0.6 is 0 Å². The first-order valence-electron chi connectivity index (χ1n) is 8.91. The second-order valence-electron chi connectivity index (χ2n) is 6.30. The number of amides is 1. The molecule has 2 aromatic carbocycles. The molecule has 6 heteroatoms. The number of hydrogen-bond acceptors (Lipinski definition) is 5. The summed E-state index contributed by atoms with van der Waals surface area (Å²) in [5.41, 5.74) is 3.13. The molecule has 1 unspecified atom stereocenters.